The van der Waals surface area contributed by atoms with E-state index in [0.29, 0.717) is 6.42 Å². The number of amides is 1. The van der Waals surface area contributed by atoms with E-state index in [0.717, 1.165) is 28.9 Å². The van der Waals surface area contributed by atoms with E-state index in [4.69, 9.17) is 0 Å². The first-order valence-electron chi connectivity index (χ1n) is 8.72. The second-order valence-electron chi connectivity index (χ2n) is 6.93. The van der Waals surface area contributed by atoms with Gasteiger partial charge in [-0.1, -0.05) is 24.6 Å². The summed E-state index contributed by atoms with van der Waals surface area (Å²) < 4.78 is 0. The van der Waals surface area contributed by atoms with Crippen molar-refractivity contribution >= 4 is 22.9 Å². The molecule has 1 amide bonds. The molecule has 0 unspecified atom stereocenters. The van der Waals surface area contributed by atoms with E-state index >= 15 is 0 Å². The maximum absolute atomic E-state index is 12.2. The predicted molar refractivity (Wildman–Crippen MR) is 98.4 cm³/mol. The van der Waals surface area contributed by atoms with Gasteiger partial charge >= 0.3 is 0 Å². The first kappa shape index (κ1) is 17.1. The molecule has 3 rings (SSSR count). The molecule has 0 spiro atoms. The van der Waals surface area contributed by atoms with Crippen LogP contribution < -0.4 is 10.2 Å². The lowest BCUT2D eigenvalue weighted by Crippen LogP contribution is -3.11. The Morgan fingerprint density at radius 2 is 2.00 bits per heavy atom. The number of quaternary nitrogens is 1. The minimum absolute atomic E-state index is 0.00102. The highest BCUT2D eigenvalue weighted by Crippen LogP contribution is 2.13. The van der Waals surface area contributed by atoms with Crippen LogP contribution in [0.1, 0.15) is 36.0 Å². The quantitative estimate of drug-likeness (QED) is 0.875. The molecule has 0 bridgehead atoms. The summed E-state index contributed by atoms with van der Waals surface area (Å²) in [5, 5.41) is 5.95. The molecule has 4 nitrogen and oxygen atoms in total. The Labute approximate surface area is 147 Å². The highest BCUT2D eigenvalue weighted by Gasteiger charge is 2.20. The lowest BCUT2D eigenvalue weighted by molar-refractivity contribution is -0.920. The number of carbonyl (C=O) groups excluding carboxylic acids is 1. The molecule has 1 aliphatic rings. The average Bonchev–Trinajstić information content (AvgIpc) is 2.99. The fourth-order valence-corrected chi connectivity index (χ4v) is 3.89. The van der Waals surface area contributed by atoms with E-state index in [2.05, 4.69) is 22.6 Å². The van der Waals surface area contributed by atoms with Crippen molar-refractivity contribution in [2.24, 2.45) is 5.92 Å². The SMILES string of the molecule is Cc1ccc(NC(=O)Cc2nc(C[NH+]3CCC(C)CC3)cs2)cc1. The summed E-state index contributed by atoms with van der Waals surface area (Å²) in [4.78, 5) is 18.4. The van der Waals surface area contributed by atoms with Gasteiger partial charge in [0.2, 0.25) is 5.91 Å². The summed E-state index contributed by atoms with van der Waals surface area (Å²) >= 11 is 1.59. The van der Waals surface area contributed by atoms with E-state index in [1.807, 2.05) is 31.2 Å². The van der Waals surface area contributed by atoms with Gasteiger partial charge in [0.15, 0.2) is 0 Å². The maximum atomic E-state index is 12.2. The third kappa shape index (κ3) is 4.89. The van der Waals surface area contributed by atoms with Gasteiger partial charge in [-0.2, -0.15) is 0 Å². The molecule has 1 fully saturated rings. The lowest BCUT2D eigenvalue weighted by atomic mass is 9.99. The number of hydrogen-bond donors (Lipinski definition) is 2. The average molecular weight is 345 g/mol. The molecular formula is C19H26N3OS+. The van der Waals surface area contributed by atoms with Gasteiger partial charge < -0.3 is 10.2 Å². The number of carbonyl (C=O) groups is 1. The third-order valence-electron chi connectivity index (χ3n) is 4.66. The fraction of sp³-hybridized carbons (Fsp3) is 0.474. The monoisotopic (exact) mass is 344 g/mol. The zero-order valence-electron chi connectivity index (χ0n) is 14.5. The minimum Gasteiger partial charge on any atom is -0.330 e. The van der Waals surface area contributed by atoms with Crippen LogP contribution in [0.5, 0.6) is 0 Å². The molecule has 5 heteroatoms. The van der Waals surface area contributed by atoms with Gasteiger partial charge in [-0.05, 0) is 37.8 Å². The number of rotatable bonds is 5. The van der Waals surface area contributed by atoms with Crippen LogP contribution in [-0.4, -0.2) is 24.0 Å². The summed E-state index contributed by atoms with van der Waals surface area (Å²) in [7, 11) is 0. The van der Waals surface area contributed by atoms with E-state index in [9.17, 15) is 4.79 Å². The Hall–Kier alpha value is -1.72. The van der Waals surface area contributed by atoms with Crippen LogP contribution in [0.4, 0.5) is 5.69 Å². The molecule has 24 heavy (non-hydrogen) atoms. The van der Waals surface area contributed by atoms with Crippen molar-refractivity contribution in [2.45, 2.75) is 39.7 Å². The normalized spacial score (nSPS) is 20.8. The molecule has 0 atom stereocenters. The molecular weight excluding hydrogens is 318 g/mol. The second kappa shape index (κ2) is 7.90. The number of anilines is 1. The molecule has 0 saturated carbocycles. The fourth-order valence-electron chi connectivity index (χ4n) is 3.09. The van der Waals surface area contributed by atoms with Crippen LogP contribution in [0.2, 0.25) is 0 Å². The minimum atomic E-state index is -0.00102. The van der Waals surface area contributed by atoms with E-state index < -0.39 is 0 Å². The van der Waals surface area contributed by atoms with Crippen molar-refractivity contribution in [1.29, 1.82) is 0 Å². The number of benzene rings is 1. The summed E-state index contributed by atoms with van der Waals surface area (Å²) in [6, 6.07) is 7.86. The van der Waals surface area contributed by atoms with Crippen LogP contribution in [0.25, 0.3) is 0 Å². The molecule has 1 aliphatic heterocycles. The molecule has 128 valence electrons. The molecule has 2 heterocycles. The smallest absolute Gasteiger partial charge is 0.231 e. The van der Waals surface area contributed by atoms with Gasteiger partial charge in [0.1, 0.15) is 17.2 Å². The van der Waals surface area contributed by atoms with Gasteiger partial charge in [-0.3, -0.25) is 4.79 Å². The molecule has 1 saturated heterocycles. The Balaban J connectivity index is 1.50. The number of nitrogens with one attached hydrogen (secondary N) is 2. The zero-order valence-corrected chi connectivity index (χ0v) is 15.3. The van der Waals surface area contributed by atoms with Gasteiger partial charge in [-0.25, -0.2) is 4.98 Å². The van der Waals surface area contributed by atoms with Crippen molar-refractivity contribution < 1.29 is 9.69 Å². The van der Waals surface area contributed by atoms with Crippen LogP contribution in [-0.2, 0) is 17.8 Å². The lowest BCUT2D eigenvalue weighted by Gasteiger charge is -2.26. The third-order valence-corrected chi connectivity index (χ3v) is 5.56. The number of hydrogen-bond acceptors (Lipinski definition) is 3. The Kier molecular flexibility index (Phi) is 5.63. The summed E-state index contributed by atoms with van der Waals surface area (Å²) in [6.45, 7) is 7.84. The molecule has 0 aliphatic carbocycles. The molecule has 1 aromatic heterocycles. The van der Waals surface area contributed by atoms with Crippen molar-refractivity contribution in [3.8, 4) is 0 Å². The van der Waals surface area contributed by atoms with Crippen LogP contribution >= 0.6 is 11.3 Å². The highest BCUT2D eigenvalue weighted by atomic mass is 32.1. The Morgan fingerprint density at radius 1 is 1.29 bits per heavy atom. The Morgan fingerprint density at radius 3 is 2.71 bits per heavy atom. The number of piperidine rings is 1. The zero-order chi connectivity index (χ0) is 16.9. The largest absolute Gasteiger partial charge is 0.330 e. The number of aromatic nitrogens is 1. The van der Waals surface area contributed by atoms with Crippen molar-refractivity contribution in [2.75, 3.05) is 18.4 Å². The van der Waals surface area contributed by atoms with Gasteiger partial charge in [0, 0.05) is 11.1 Å². The van der Waals surface area contributed by atoms with Crippen LogP contribution in [0.15, 0.2) is 29.6 Å². The van der Waals surface area contributed by atoms with E-state index in [1.54, 1.807) is 16.2 Å². The summed E-state index contributed by atoms with van der Waals surface area (Å²) in [5.41, 5.74) is 3.16. The first-order chi connectivity index (χ1) is 11.6. The number of nitrogens with zero attached hydrogens (tertiary/aromatic N) is 1. The highest BCUT2D eigenvalue weighted by molar-refractivity contribution is 7.09. The number of aryl methyl sites for hydroxylation is 1. The van der Waals surface area contributed by atoms with E-state index in [-0.39, 0.29) is 5.91 Å². The summed E-state index contributed by atoms with van der Waals surface area (Å²) in [6.07, 6.45) is 2.97. The molecule has 2 aromatic rings. The standard InChI is InChI=1S/C19H25N3OS/c1-14-3-5-16(6-4-14)20-18(23)11-19-21-17(13-24-19)12-22-9-7-15(2)8-10-22/h3-6,13,15H,7-12H2,1-2H3,(H,20,23)/p+1. The van der Waals surface area contributed by atoms with Crippen LogP contribution in [0, 0.1) is 12.8 Å². The number of thiazole rings is 1. The predicted octanol–water partition coefficient (Wildman–Crippen LogP) is 2.45. The van der Waals surface area contributed by atoms with Gasteiger partial charge in [-0.15, -0.1) is 11.3 Å². The molecule has 1 aromatic carbocycles. The first-order valence-corrected chi connectivity index (χ1v) is 9.60. The van der Waals surface area contributed by atoms with Gasteiger partial charge in [0.05, 0.1) is 19.5 Å². The second-order valence-corrected chi connectivity index (χ2v) is 7.88. The van der Waals surface area contributed by atoms with E-state index in [1.165, 1.54) is 31.5 Å². The molecule has 0 radical (unpaired) electrons. The van der Waals surface area contributed by atoms with Crippen molar-refractivity contribution in [3.63, 3.8) is 0 Å². The summed E-state index contributed by atoms with van der Waals surface area (Å²) in [5.74, 6) is 0.865. The number of likely N-dealkylation sites (tertiary alicyclic amines) is 1. The van der Waals surface area contributed by atoms with Crippen molar-refractivity contribution in [3.05, 3.63) is 45.9 Å². The Bertz CT molecular complexity index is 672. The molecule has 2 N–H and O–H groups in total. The van der Waals surface area contributed by atoms with Gasteiger partial charge in [0.25, 0.3) is 0 Å². The van der Waals surface area contributed by atoms with Crippen molar-refractivity contribution in [1.82, 2.24) is 4.98 Å². The topological polar surface area (TPSA) is 46.4 Å². The van der Waals surface area contributed by atoms with Crippen LogP contribution in [0.3, 0.4) is 0 Å². The maximum Gasteiger partial charge on any atom is 0.231 e.